The molecule has 1 amide bonds. The van der Waals surface area contributed by atoms with Crippen molar-refractivity contribution in [2.45, 2.75) is 45.3 Å². The number of rotatable bonds is 4. The number of pyridine rings is 1. The highest BCUT2D eigenvalue weighted by Crippen LogP contribution is 2.37. The van der Waals surface area contributed by atoms with Gasteiger partial charge in [0, 0.05) is 20.3 Å². The normalized spacial score (nSPS) is 14.8. The van der Waals surface area contributed by atoms with Crippen molar-refractivity contribution in [2.24, 2.45) is 0 Å². The van der Waals surface area contributed by atoms with Gasteiger partial charge in [0.05, 0.1) is 12.3 Å². The van der Waals surface area contributed by atoms with Gasteiger partial charge in [-0.25, -0.2) is 0 Å². The molecule has 1 heterocycles. The predicted molar refractivity (Wildman–Crippen MR) is 76.3 cm³/mol. The lowest BCUT2D eigenvalue weighted by Crippen LogP contribution is -2.26. The van der Waals surface area contributed by atoms with E-state index in [1.807, 2.05) is 20.8 Å². The van der Waals surface area contributed by atoms with E-state index in [4.69, 9.17) is 9.47 Å². The maximum atomic E-state index is 12.2. The Morgan fingerprint density at radius 1 is 1.30 bits per heavy atom. The minimum absolute atomic E-state index is 0.132. The van der Waals surface area contributed by atoms with E-state index in [-0.39, 0.29) is 17.6 Å². The van der Waals surface area contributed by atoms with Crippen LogP contribution in [-0.2, 0) is 0 Å². The van der Waals surface area contributed by atoms with Crippen molar-refractivity contribution in [1.29, 1.82) is 0 Å². The van der Waals surface area contributed by atoms with Gasteiger partial charge in [0.25, 0.3) is 5.91 Å². The molecule has 2 rings (SSSR count). The summed E-state index contributed by atoms with van der Waals surface area (Å²) >= 11 is 0. The van der Waals surface area contributed by atoms with Crippen LogP contribution in [0, 0.1) is 0 Å². The number of aromatic nitrogens is 1. The van der Waals surface area contributed by atoms with E-state index in [9.17, 15) is 4.79 Å². The lowest BCUT2D eigenvalue weighted by atomic mass is 10.1. The van der Waals surface area contributed by atoms with Crippen molar-refractivity contribution in [3.63, 3.8) is 0 Å². The molecule has 0 aliphatic heterocycles. The molecule has 110 valence electrons. The zero-order valence-electron chi connectivity index (χ0n) is 12.8. The second kappa shape index (κ2) is 5.31. The van der Waals surface area contributed by atoms with Gasteiger partial charge in [-0.05, 0) is 33.6 Å². The molecule has 0 spiro atoms. The molecule has 5 nitrogen and oxygen atoms in total. The van der Waals surface area contributed by atoms with Crippen molar-refractivity contribution in [3.05, 3.63) is 18.0 Å². The van der Waals surface area contributed by atoms with Crippen LogP contribution in [-0.4, -0.2) is 41.6 Å². The second-order valence-electron chi connectivity index (χ2n) is 6.25. The maximum absolute atomic E-state index is 12.2. The average Bonchev–Trinajstić information content (AvgIpc) is 3.12. The van der Waals surface area contributed by atoms with Gasteiger partial charge >= 0.3 is 0 Å². The van der Waals surface area contributed by atoms with Gasteiger partial charge in [-0.2, -0.15) is 0 Å². The summed E-state index contributed by atoms with van der Waals surface area (Å²) in [5.74, 6) is 0.903. The Kier molecular flexibility index (Phi) is 3.88. The molecule has 0 radical (unpaired) electrons. The number of amides is 1. The van der Waals surface area contributed by atoms with Gasteiger partial charge in [0.1, 0.15) is 11.2 Å². The number of hydrogen-bond acceptors (Lipinski definition) is 4. The summed E-state index contributed by atoms with van der Waals surface area (Å²) in [5.41, 5.74) is 0.0759. The molecule has 0 bridgehead atoms. The van der Waals surface area contributed by atoms with E-state index in [1.54, 1.807) is 20.3 Å². The third-order valence-electron chi connectivity index (χ3n) is 2.73. The van der Waals surface area contributed by atoms with Gasteiger partial charge in [0.2, 0.25) is 0 Å². The molecule has 1 saturated carbocycles. The summed E-state index contributed by atoms with van der Waals surface area (Å²) in [7, 11) is 3.42. The minimum Gasteiger partial charge on any atom is -0.486 e. The zero-order valence-corrected chi connectivity index (χ0v) is 12.8. The molecular weight excluding hydrogens is 256 g/mol. The first kappa shape index (κ1) is 14.6. The topological polar surface area (TPSA) is 51.7 Å². The first-order valence-electron chi connectivity index (χ1n) is 6.83. The van der Waals surface area contributed by atoms with E-state index in [0.29, 0.717) is 17.1 Å². The summed E-state index contributed by atoms with van der Waals surface area (Å²) in [6.07, 6.45) is 5.37. The molecule has 0 N–H and O–H groups in total. The van der Waals surface area contributed by atoms with Gasteiger partial charge in [0.15, 0.2) is 11.5 Å². The van der Waals surface area contributed by atoms with Crippen molar-refractivity contribution in [2.75, 3.05) is 14.1 Å². The standard InChI is InChI=1S/C15H22N2O3/c1-15(2,3)20-12-9-16-8-11(14(18)17(4)5)13(12)19-10-6-7-10/h8-10H,6-7H2,1-5H3. The van der Waals surface area contributed by atoms with Crippen LogP contribution in [0.4, 0.5) is 0 Å². The van der Waals surface area contributed by atoms with Crippen LogP contribution in [0.3, 0.4) is 0 Å². The number of hydrogen-bond donors (Lipinski definition) is 0. The summed E-state index contributed by atoms with van der Waals surface area (Å²) in [6.45, 7) is 5.86. The number of nitrogens with zero attached hydrogens (tertiary/aromatic N) is 2. The summed E-state index contributed by atoms with van der Waals surface area (Å²) in [4.78, 5) is 17.9. The second-order valence-corrected chi connectivity index (χ2v) is 6.25. The molecule has 1 fully saturated rings. The van der Waals surface area contributed by atoms with Crippen LogP contribution in [0.15, 0.2) is 12.4 Å². The van der Waals surface area contributed by atoms with Gasteiger partial charge in [-0.3, -0.25) is 9.78 Å². The van der Waals surface area contributed by atoms with Crippen LogP contribution >= 0.6 is 0 Å². The minimum atomic E-state index is -0.372. The first-order valence-corrected chi connectivity index (χ1v) is 6.83. The van der Waals surface area contributed by atoms with Gasteiger partial charge < -0.3 is 14.4 Å². The predicted octanol–water partition coefficient (Wildman–Crippen LogP) is 2.50. The molecule has 0 saturated heterocycles. The smallest absolute Gasteiger partial charge is 0.258 e. The monoisotopic (exact) mass is 278 g/mol. The van der Waals surface area contributed by atoms with Crippen LogP contribution in [0.5, 0.6) is 11.5 Å². The number of ether oxygens (including phenoxy) is 2. The fraction of sp³-hybridized carbons (Fsp3) is 0.600. The first-order chi connectivity index (χ1) is 9.28. The average molecular weight is 278 g/mol. The molecule has 1 aliphatic carbocycles. The molecule has 1 aliphatic rings. The fourth-order valence-corrected chi connectivity index (χ4v) is 1.70. The van der Waals surface area contributed by atoms with Gasteiger partial charge in [-0.1, -0.05) is 0 Å². The number of carbonyl (C=O) groups is 1. The third-order valence-corrected chi connectivity index (χ3v) is 2.73. The Labute approximate surface area is 119 Å². The summed E-state index contributed by atoms with van der Waals surface area (Å²) < 4.78 is 11.8. The van der Waals surface area contributed by atoms with Crippen LogP contribution in [0.2, 0.25) is 0 Å². The molecule has 1 aromatic heterocycles. The van der Waals surface area contributed by atoms with Crippen molar-refractivity contribution >= 4 is 5.91 Å². The van der Waals surface area contributed by atoms with E-state index in [1.165, 1.54) is 11.1 Å². The van der Waals surface area contributed by atoms with Gasteiger partial charge in [-0.15, -0.1) is 0 Å². The summed E-state index contributed by atoms with van der Waals surface area (Å²) in [6, 6.07) is 0. The van der Waals surface area contributed by atoms with Crippen molar-refractivity contribution < 1.29 is 14.3 Å². The largest absolute Gasteiger partial charge is 0.486 e. The Balaban J connectivity index is 2.39. The molecule has 0 aromatic carbocycles. The van der Waals surface area contributed by atoms with Crippen LogP contribution in [0.25, 0.3) is 0 Å². The molecular formula is C15H22N2O3. The SMILES string of the molecule is CN(C)C(=O)c1cncc(OC(C)(C)C)c1OC1CC1. The Bertz CT molecular complexity index is 502. The molecule has 5 heteroatoms. The molecule has 1 aromatic rings. The van der Waals surface area contributed by atoms with Crippen molar-refractivity contribution in [3.8, 4) is 11.5 Å². The van der Waals surface area contributed by atoms with E-state index < -0.39 is 0 Å². The summed E-state index contributed by atoms with van der Waals surface area (Å²) in [5, 5.41) is 0. The van der Waals surface area contributed by atoms with E-state index >= 15 is 0 Å². The lowest BCUT2D eigenvalue weighted by molar-refractivity contribution is 0.0815. The number of carbonyl (C=O) groups excluding carboxylic acids is 1. The third kappa shape index (κ3) is 3.62. The lowest BCUT2D eigenvalue weighted by Gasteiger charge is -2.24. The Morgan fingerprint density at radius 3 is 2.45 bits per heavy atom. The van der Waals surface area contributed by atoms with E-state index in [2.05, 4.69) is 4.98 Å². The van der Waals surface area contributed by atoms with Crippen LogP contribution in [0.1, 0.15) is 44.0 Å². The zero-order chi connectivity index (χ0) is 14.9. The highest BCUT2D eigenvalue weighted by atomic mass is 16.5. The molecule has 0 unspecified atom stereocenters. The maximum Gasteiger partial charge on any atom is 0.258 e. The quantitative estimate of drug-likeness (QED) is 0.849. The highest BCUT2D eigenvalue weighted by molar-refractivity contribution is 5.97. The highest BCUT2D eigenvalue weighted by Gasteiger charge is 2.29. The van der Waals surface area contributed by atoms with Crippen molar-refractivity contribution in [1.82, 2.24) is 9.88 Å². The fourth-order valence-electron chi connectivity index (χ4n) is 1.70. The Hall–Kier alpha value is -1.78. The Morgan fingerprint density at radius 2 is 1.95 bits per heavy atom. The molecule has 0 atom stereocenters. The van der Waals surface area contributed by atoms with E-state index in [0.717, 1.165) is 12.8 Å². The van der Waals surface area contributed by atoms with Crippen LogP contribution < -0.4 is 9.47 Å². The molecule has 20 heavy (non-hydrogen) atoms.